The maximum Gasteiger partial charge on any atom is 0.201 e. The van der Waals surface area contributed by atoms with E-state index in [1.807, 2.05) is 42.5 Å². The van der Waals surface area contributed by atoms with Gasteiger partial charge < -0.3 is 0 Å². The quantitative estimate of drug-likeness (QED) is 0.806. The topological polar surface area (TPSA) is 57.9 Å². The van der Waals surface area contributed by atoms with Gasteiger partial charge in [-0.2, -0.15) is 5.26 Å². The molecule has 0 unspecified atom stereocenters. The average molecular weight is 309 g/mol. The van der Waals surface area contributed by atoms with Crippen LogP contribution in [0.4, 0.5) is 0 Å². The maximum atomic E-state index is 12.3. The van der Waals surface area contributed by atoms with Crippen LogP contribution >= 0.6 is 0 Å². The molecule has 0 aromatic heterocycles. The van der Waals surface area contributed by atoms with Crippen LogP contribution in [0.5, 0.6) is 0 Å². The Bertz CT molecular complexity index is 858. The Kier molecular flexibility index (Phi) is 4.92. The lowest BCUT2D eigenvalue weighted by Gasteiger charge is -2.03. The molecule has 0 saturated heterocycles. The zero-order chi connectivity index (χ0) is 16.0. The van der Waals surface area contributed by atoms with Gasteiger partial charge in [-0.15, -0.1) is 0 Å². The molecule has 0 aliphatic heterocycles. The molecule has 0 atom stereocenters. The first-order valence-corrected chi connectivity index (χ1v) is 8.23. The molecule has 22 heavy (non-hydrogen) atoms. The summed E-state index contributed by atoms with van der Waals surface area (Å²) < 4.78 is 24.6. The van der Waals surface area contributed by atoms with Crippen LogP contribution in [0.2, 0.25) is 0 Å². The smallest absolute Gasteiger partial charge is 0.201 e. The Morgan fingerprint density at radius 2 is 1.77 bits per heavy atom. The van der Waals surface area contributed by atoms with Crippen molar-refractivity contribution in [3.05, 3.63) is 82.8 Å². The first kappa shape index (κ1) is 15.7. The van der Waals surface area contributed by atoms with Crippen molar-refractivity contribution in [1.82, 2.24) is 0 Å². The van der Waals surface area contributed by atoms with E-state index in [-0.39, 0.29) is 10.5 Å². The summed E-state index contributed by atoms with van der Waals surface area (Å²) in [5.74, 6) is 0. The SMILES string of the molecule is Cc1ccc(C#N)c(S(=O)(=O)C=CC=Cc2ccccc2)c1. The summed E-state index contributed by atoms with van der Waals surface area (Å²) in [4.78, 5) is 0.0411. The van der Waals surface area contributed by atoms with Crippen LogP contribution in [-0.2, 0) is 9.84 Å². The molecule has 0 heterocycles. The number of sulfone groups is 1. The summed E-state index contributed by atoms with van der Waals surface area (Å²) in [6, 6.07) is 16.3. The van der Waals surface area contributed by atoms with Crippen LogP contribution in [-0.4, -0.2) is 8.42 Å². The molecule has 2 rings (SSSR count). The second-order valence-corrected chi connectivity index (χ2v) is 6.56. The Morgan fingerprint density at radius 3 is 2.45 bits per heavy atom. The van der Waals surface area contributed by atoms with Gasteiger partial charge in [-0.05, 0) is 30.2 Å². The second kappa shape index (κ2) is 6.88. The van der Waals surface area contributed by atoms with Crippen LogP contribution in [0.25, 0.3) is 6.08 Å². The Labute approximate surface area is 130 Å². The van der Waals surface area contributed by atoms with Crippen LogP contribution in [0, 0.1) is 18.3 Å². The van der Waals surface area contributed by atoms with Crippen molar-refractivity contribution in [3.63, 3.8) is 0 Å². The zero-order valence-electron chi connectivity index (χ0n) is 12.1. The summed E-state index contributed by atoms with van der Waals surface area (Å²) >= 11 is 0. The summed E-state index contributed by atoms with van der Waals surface area (Å²) in [6.45, 7) is 1.79. The third-order valence-corrected chi connectivity index (χ3v) is 4.49. The van der Waals surface area contributed by atoms with Crippen molar-refractivity contribution in [2.75, 3.05) is 0 Å². The molecule has 0 amide bonds. The number of hydrogen-bond acceptors (Lipinski definition) is 3. The fourth-order valence-corrected chi connectivity index (χ4v) is 3.12. The van der Waals surface area contributed by atoms with Gasteiger partial charge in [0.2, 0.25) is 9.84 Å². The van der Waals surface area contributed by atoms with E-state index in [4.69, 9.17) is 5.26 Å². The molecule has 2 aromatic rings. The van der Waals surface area contributed by atoms with E-state index in [9.17, 15) is 8.42 Å². The summed E-state index contributed by atoms with van der Waals surface area (Å²) in [7, 11) is -3.63. The lowest BCUT2D eigenvalue weighted by atomic mass is 10.2. The van der Waals surface area contributed by atoms with E-state index < -0.39 is 9.84 Å². The fourth-order valence-electron chi connectivity index (χ4n) is 1.91. The lowest BCUT2D eigenvalue weighted by molar-refractivity contribution is 0.604. The van der Waals surface area contributed by atoms with Gasteiger partial charge in [0, 0.05) is 5.41 Å². The van der Waals surface area contributed by atoms with Gasteiger partial charge >= 0.3 is 0 Å². The van der Waals surface area contributed by atoms with E-state index in [2.05, 4.69) is 0 Å². The molecule has 0 aliphatic carbocycles. The molecule has 0 N–H and O–H groups in total. The number of hydrogen-bond donors (Lipinski definition) is 0. The predicted octanol–water partition coefficient (Wildman–Crippen LogP) is 3.87. The third-order valence-electron chi connectivity index (χ3n) is 3.02. The van der Waals surface area contributed by atoms with Gasteiger partial charge in [0.05, 0.1) is 10.5 Å². The highest BCUT2D eigenvalue weighted by Gasteiger charge is 2.15. The molecular weight excluding hydrogens is 294 g/mol. The molecule has 4 heteroatoms. The summed E-state index contributed by atoms with van der Waals surface area (Å²) in [6.07, 6.45) is 4.94. The molecule has 2 aromatic carbocycles. The van der Waals surface area contributed by atoms with Crippen molar-refractivity contribution in [3.8, 4) is 6.07 Å². The van der Waals surface area contributed by atoms with E-state index in [1.165, 1.54) is 18.2 Å². The molecular formula is C18H15NO2S. The van der Waals surface area contributed by atoms with Gasteiger partial charge in [-0.25, -0.2) is 8.42 Å². The molecule has 0 bridgehead atoms. The molecule has 0 saturated carbocycles. The number of aryl methyl sites for hydroxylation is 1. The Morgan fingerprint density at radius 1 is 1.05 bits per heavy atom. The normalized spacial score (nSPS) is 11.8. The first-order chi connectivity index (χ1) is 10.5. The van der Waals surface area contributed by atoms with Crippen molar-refractivity contribution in [1.29, 1.82) is 5.26 Å². The van der Waals surface area contributed by atoms with Crippen molar-refractivity contribution in [2.45, 2.75) is 11.8 Å². The summed E-state index contributed by atoms with van der Waals surface area (Å²) in [5.41, 5.74) is 1.94. The number of allylic oxidation sites excluding steroid dienone is 2. The first-order valence-electron chi connectivity index (χ1n) is 6.68. The van der Waals surface area contributed by atoms with E-state index in [0.29, 0.717) is 0 Å². The standard InChI is InChI=1S/C18H15NO2S/c1-15-10-11-17(14-19)18(13-15)22(20,21)12-6-5-9-16-7-3-2-4-8-16/h2-13H,1H3. The highest BCUT2D eigenvalue weighted by atomic mass is 32.2. The minimum atomic E-state index is -3.63. The molecule has 0 fully saturated rings. The summed E-state index contributed by atoms with van der Waals surface area (Å²) in [5, 5.41) is 10.2. The van der Waals surface area contributed by atoms with Crippen LogP contribution < -0.4 is 0 Å². The van der Waals surface area contributed by atoms with Gasteiger partial charge in [0.1, 0.15) is 6.07 Å². The minimum Gasteiger partial charge on any atom is -0.219 e. The highest BCUT2D eigenvalue weighted by molar-refractivity contribution is 7.94. The minimum absolute atomic E-state index is 0.0411. The van der Waals surface area contributed by atoms with Crippen molar-refractivity contribution >= 4 is 15.9 Å². The van der Waals surface area contributed by atoms with Gasteiger partial charge in [0.15, 0.2) is 0 Å². The predicted molar refractivity (Wildman–Crippen MR) is 87.7 cm³/mol. The Hall–Kier alpha value is -2.64. The van der Waals surface area contributed by atoms with E-state index in [1.54, 1.807) is 19.1 Å². The molecule has 110 valence electrons. The highest BCUT2D eigenvalue weighted by Crippen LogP contribution is 2.19. The number of nitrogens with zero attached hydrogens (tertiary/aromatic N) is 1. The fraction of sp³-hybridized carbons (Fsp3) is 0.0556. The zero-order valence-corrected chi connectivity index (χ0v) is 12.9. The monoisotopic (exact) mass is 309 g/mol. The molecule has 0 aliphatic rings. The van der Waals surface area contributed by atoms with Gasteiger partial charge in [-0.3, -0.25) is 0 Å². The van der Waals surface area contributed by atoms with Crippen molar-refractivity contribution in [2.24, 2.45) is 0 Å². The van der Waals surface area contributed by atoms with E-state index >= 15 is 0 Å². The Balaban J connectivity index is 2.25. The largest absolute Gasteiger partial charge is 0.219 e. The molecule has 0 spiro atoms. The lowest BCUT2D eigenvalue weighted by Crippen LogP contribution is -2.00. The van der Waals surface area contributed by atoms with Crippen LogP contribution in [0.15, 0.2) is 71.0 Å². The van der Waals surface area contributed by atoms with Crippen LogP contribution in [0.1, 0.15) is 16.7 Å². The van der Waals surface area contributed by atoms with Gasteiger partial charge in [0.25, 0.3) is 0 Å². The van der Waals surface area contributed by atoms with E-state index in [0.717, 1.165) is 16.5 Å². The number of benzene rings is 2. The van der Waals surface area contributed by atoms with Gasteiger partial charge in [-0.1, -0.05) is 54.6 Å². The maximum absolute atomic E-state index is 12.3. The second-order valence-electron chi connectivity index (χ2n) is 4.75. The van der Waals surface area contributed by atoms with Crippen LogP contribution in [0.3, 0.4) is 0 Å². The number of nitriles is 1. The average Bonchev–Trinajstić information content (AvgIpc) is 2.52. The van der Waals surface area contributed by atoms with Crippen molar-refractivity contribution < 1.29 is 8.42 Å². The number of rotatable bonds is 4. The third kappa shape index (κ3) is 3.94. The molecule has 0 radical (unpaired) electrons. The molecule has 3 nitrogen and oxygen atoms in total.